The Labute approximate surface area is 259 Å². The second-order valence-corrected chi connectivity index (χ2v) is 10.8. The second kappa shape index (κ2) is 12.5. The van der Waals surface area contributed by atoms with Crippen LogP contribution in [0.4, 0.5) is 11.6 Å². The van der Waals surface area contributed by atoms with Crippen molar-refractivity contribution in [2.45, 2.75) is 13.5 Å². The third kappa shape index (κ3) is 6.19. The van der Waals surface area contributed by atoms with Gasteiger partial charge in [0, 0.05) is 55.4 Å². The number of aromatic nitrogens is 3. The number of carbonyl (C=O) groups is 2. The maximum Gasteiger partial charge on any atom is 0.337 e. The van der Waals surface area contributed by atoms with Crippen LogP contribution in [0.15, 0.2) is 89.7 Å². The van der Waals surface area contributed by atoms with Crippen LogP contribution in [0, 0.1) is 6.92 Å². The fraction of sp³-hybridized carbons (Fsp3) is 0.206. The van der Waals surface area contributed by atoms with Gasteiger partial charge in [-0.05, 0) is 79.2 Å². The van der Waals surface area contributed by atoms with E-state index in [2.05, 4.69) is 15.1 Å². The minimum atomic E-state index is -0.418. The molecule has 11 nitrogen and oxygen atoms in total. The van der Waals surface area contributed by atoms with Crippen molar-refractivity contribution in [1.29, 1.82) is 0 Å². The van der Waals surface area contributed by atoms with Crippen LogP contribution in [0.2, 0.25) is 0 Å². The Kier molecular flexibility index (Phi) is 8.15. The number of benzene rings is 3. The van der Waals surface area contributed by atoms with Crippen LogP contribution in [-0.2, 0) is 11.3 Å². The molecule has 0 aliphatic carbocycles. The van der Waals surface area contributed by atoms with Gasteiger partial charge in [-0.1, -0.05) is 12.1 Å². The van der Waals surface area contributed by atoms with Gasteiger partial charge in [0.05, 0.1) is 24.1 Å². The van der Waals surface area contributed by atoms with Gasteiger partial charge in [-0.25, -0.2) is 9.78 Å². The summed E-state index contributed by atoms with van der Waals surface area (Å²) in [6.07, 6.45) is 0. The van der Waals surface area contributed by atoms with Crippen molar-refractivity contribution in [3.63, 3.8) is 0 Å². The summed E-state index contributed by atoms with van der Waals surface area (Å²) in [6, 6.07) is 24.1. The van der Waals surface area contributed by atoms with E-state index >= 15 is 0 Å². The van der Waals surface area contributed by atoms with E-state index in [-0.39, 0.29) is 23.8 Å². The normalized spacial score (nSPS) is 13.1. The second-order valence-electron chi connectivity index (χ2n) is 10.8. The fourth-order valence-corrected chi connectivity index (χ4v) is 5.39. The molecule has 1 saturated heterocycles. The zero-order valence-electron chi connectivity index (χ0n) is 24.9. The third-order valence-electron chi connectivity index (χ3n) is 7.92. The molecule has 0 saturated carbocycles. The number of amides is 1. The maximum absolute atomic E-state index is 13.2. The number of fused-ring (bicyclic) bond motifs is 1. The van der Waals surface area contributed by atoms with Crippen LogP contribution in [0.25, 0.3) is 16.7 Å². The fourth-order valence-electron chi connectivity index (χ4n) is 5.39. The van der Waals surface area contributed by atoms with E-state index < -0.39 is 5.97 Å². The Bertz CT molecular complexity index is 1910. The number of anilines is 2. The molecule has 2 aromatic heterocycles. The van der Waals surface area contributed by atoms with Gasteiger partial charge in [0.1, 0.15) is 5.75 Å². The van der Waals surface area contributed by atoms with Crippen molar-refractivity contribution in [2.75, 3.05) is 43.1 Å². The van der Waals surface area contributed by atoms with E-state index in [0.29, 0.717) is 41.5 Å². The summed E-state index contributed by atoms with van der Waals surface area (Å²) in [6.45, 7) is 5.10. The lowest BCUT2D eigenvalue weighted by Gasteiger charge is -2.36. The van der Waals surface area contributed by atoms with Crippen molar-refractivity contribution >= 4 is 34.5 Å². The van der Waals surface area contributed by atoms with Crippen molar-refractivity contribution in [3.05, 3.63) is 118 Å². The molecule has 0 radical (unpaired) electrons. The molecule has 1 amide bonds. The van der Waals surface area contributed by atoms with Gasteiger partial charge in [0.15, 0.2) is 5.65 Å². The Morgan fingerprint density at radius 3 is 2.09 bits per heavy atom. The van der Waals surface area contributed by atoms with Crippen molar-refractivity contribution in [3.8, 4) is 11.4 Å². The topological polar surface area (TPSA) is 130 Å². The van der Waals surface area contributed by atoms with Crippen molar-refractivity contribution in [2.24, 2.45) is 0 Å². The number of aryl methyl sites for hydroxylation is 1. The van der Waals surface area contributed by atoms with Crippen LogP contribution in [0.3, 0.4) is 0 Å². The van der Waals surface area contributed by atoms with Gasteiger partial charge in [-0.2, -0.15) is 4.98 Å². The Morgan fingerprint density at radius 2 is 1.42 bits per heavy atom. The number of hydrogen-bond donors (Lipinski definition) is 2. The molecule has 45 heavy (non-hydrogen) atoms. The number of nitrogens with one attached hydrogen (secondary N) is 1. The minimum Gasteiger partial charge on any atom is -0.508 e. The smallest absolute Gasteiger partial charge is 0.337 e. The monoisotopic (exact) mass is 604 g/mol. The third-order valence-corrected chi connectivity index (χ3v) is 7.92. The molecule has 3 heterocycles. The zero-order chi connectivity index (χ0) is 31.5. The van der Waals surface area contributed by atoms with Gasteiger partial charge in [0.2, 0.25) is 5.95 Å². The summed E-state index contributed by atoms with van der Waals surface area (Å²) in [5, 5.41) is 13.3. The molecule has 0 bridgehead atoms. The molecule has 6 rings (SSSR count). The van der Waals surface area contributed by atoms with Crippen LogP contribution in [-0.4, -0.2) is 64.8 Å². The quantitative estimate of drug-likeness (QED) is 0.266. The van der Waals surface area contributed by atoms with Crippen LogP contribution in [0.5, 0.6) is 5.75 Å². The molecule has 1 aliphatic rings. The number of phenols is 1. The first-order chi connectivity index (χ1) is 21.8. The van der Waals surface area contributed by atoms with Gasteiger partial charge >= 0.3 is 5.97 Å². The average Bonchev–Trinajstić information content (AvgIpc) is 3.07. The molecule has 1 fully saturated rings. The van der Waals surface area contributed by atoms with Gasteiger partial charge < -0.3 is 25.0 Å². The van der Waals surface area contributed by atoms with E-state index in [1.54, 1.807) is 71.3 Å². The molecular weight excluding hydrogens is 572 g/mol. The number of hydrogen-bond acceptors (Lipinski definition) is 9. The van der Waals surface area contributed by atoms with Crippen LogP contribution < -0.4 is 20.7 Å². The summed E-state index contributed by atoms with van der Waals surface area (Å²) in [5.41, 5.74) is 4.37. The van der Waals surface area contributed by atoms with Crippen LogP contribution in [0.1, 0.15) is 32.0 Å². The van der Waals surface area contributed by atoms with Crippen LogP contribution >= 0.6 is 0 Å². The molecule has 0 spiro atoms. The maximum atomic E-state index is 13.2. The Balaban J connectivity index is 1.19. The molecule has 3 aromatic carbocycles. The highest BCUT2D eigenvalue weighted by molar-refractivity contribution is 5.94. The van der Waals surface area contributed by atoms with E-state index in [1.165, 1.54) is 13.2 Å². The first-order valence-electron chi connectivity index (χ1n) is 14.6. The summed E-state index contributed by atoms with van der Waals surface area (Å²) >= 11 is 0. The van der Waals surface area contributed by atoms with Gasteiger partial charge in [-0.3, -0.25) is 14.2 Å². The number of rotatable bonds is 7. The number of ether oxygens (including phenoxy) is 1. The molecule has 0 unspecified atom stereocenters. The Hall–Kier alpha value is -5.71. The Morgan fingerprint density at radius 1 is 0.800 bits per heavy atom. The van der Waals surface area contributed by atoms with E-state index in [1.807, 2.05) is 19.1 Å². The molecule has 11 heteroatoms. The number of carbonyl (C=O) groups excluding carboxylic acids is 2. The number of pyridine rings is 1. The summed E-state index contributed by atoms with van der Waals surface area (Å²) < 4.78 is 6.26. The number of nitrogens with zero attached hydrogens (tertiary/aromatic N) is 5. The molecule has 1 aliphatic heterocycles. The number of aromatic hydroxyl groups is 1. The first kappa shape index (κ1) is 29.4. The van der Waals surface area contributed by atoms with Crippen molar-refractivity contribution in [1.82, 2.24) is 19.9 Å². The molecular formula is C34H32N6O5. The average molecular weight is 605 g/mol. The zero-order valence-corrected chi connectivity index (χ0v) is 24.9. The summed E-state index contributed by atoms with van der Waals surface area (Å²) in [7, 11) is 1.33. The number of phenolic OH excluding ortho intramolecular Hbond substituents is 1. The highest BCUT2D eigenvalue weighted by atomic mass is 16.5. The van der Waals surface area contributed by atoms with Crippen molar-refractivity contribution < 1.29 is 19.4 Å². The number of piperazine rings is 1. The van der Waals surface area contributed by atoms with E-state index in [0.717, 1.165) is 35.4 Å². The molecule has 228 valence electrons. The largest absolute Gasteiger partial charge is 0.508 e. The lowest BCUT2D eigenvalue weighted by molar-refractivity contribution is 0.0600. The predicted molar refractivity (Wildman–Crippen MR) is 171 cm³/mol. The van der Waals surface area contributed by atoms with E-state index in [9.17, 15) is 19.5 Å². The first-order valence-corrected chi connectivity index (χ1v) is 14.6. The summed E-state index contributed by atoms with van der Waals surface area (Å²) in [4.78, 5) is 51.7. The number of esters is 1. The highest BCUT2D eigenvalue weighted by Crippen LogP contribution is 2.24. The summed E-state index contributed by atoms with van der Waals surface area (Å²) in [5.74, 6) is 0.108. The molecule has 5 aromatic rings. The van der Waals surface area contributed by atoms with Gasteiger partial charge in [0.25, 0.3) is 11.5 Å². The SMILES string of the molecule is COC(=O)c1ccc(CNC(=O)c2ccc(-n3c(=O)ccc4c(C)nc(N5CCN(c6ccc(O)cc6)CC5)nc43)cc2)cc1. The predicted octanol–water partition coefficient (Wildman–Crippen LogP) is 3.84. The number of methoxy groups -OCH3 is 1. The van der Waals surface area contributed by atoms with E-state index in [4.69, 9.17) is 14.7 Å². The molecule has 0 atom stereocenters. The minimum absolute atomic E-state index is 0.238. The lowest BCUT2D eigenvalue weighted by atomic mass is 10.1. The van der Waals surface area contributed by atoms with Gasteiger partial charge in [-0.15, -0.1) is 0 Å². The molecule has 2 N–H and O–H groups in total. The standard InChI is InChI=1S/C34H32N6O5/c1-22-29-15-16-30(42)40(31(29)37-34(36-22)39-19-17-38(18-20-39)26-11-13-28(41)14-12-26)27-9-7-24(8-10-27)32(43)35-21-23-3-5-25(6-4-23)33(44)45-2/h3-16,41H,17-21H2,1-2H3,(H,35,43). The lowest BCUT2D eigenvalue weighted by Crippen LogP contribution is -2.47. The highest BCUT2D eigenvalue weighted by Gasteiger charge is 2.21.